The van der Waals surface area contributed by atoms with Crippen molar-refractivity contribution in [1.82, 2.24) is 0 Å². The van der Waals surface area contributed by atoms with E-state index in [9.17, 15) is 0 Å². The number of benzene rings is 16. The molecule has 6 nitrogen and oxygen atoms in total. The van der Waals surface area contributed by atoms with Crippen molar-refractivity contribution >= 4 is 248 Å². The fraction of sp³-hybridized carbons (Fsp3) is 0.214. The molecule has 12 aliphatic rings. The predicted molar refractivity (Wildman–Crippen MR) is 356 cm³/mol. The molecule has 6 unspecified atom stereocenters. The van der Waals surface area contributed by atoms with Crippen molar-refractivity contribution in [2.45, 2.75) is 48.3 Å². The fourth-order valence-electron chi connectivity index (χ4n) is 31.4. The number of fused-ring (bicyclic) bond motifs is 4. The van der Waals surface area contributed by atoms with E-state index in [4.69, 9.17) is 28.4 Å². The van der Waals surface area contributed by atoms with Gasteiger partial charge >= 0.3 is 0 Å². The zero-order valence-corrected chi connectivity index (χ0v) is 47.4. The Morgan fingerprint density at radius 1 is 0.244 bits per heavy atom. The molecule has 0 saturated heterocycles. The largest absolute Gasteiger partial charge is 0.487 e. The molecule has 90 heavy (non-hydrogen) atoms. The van der Waals surface area contributed by atoms with Crippen molar-refractivity contribution in [2.75, 3.05) is 52.9 Å². The molecule has 0 radical (unpaired) electrons. The minimum atomic E-state index is -0.388. The van der Waals surface area contributed by atoms with Crippen LogP contribution in [0, 0.1) is 10.8 Å². The summed E-state index contributed by atoms with van der Waals surface area (Å²) in [6.45, 7) is 3.49. The number of rotatable bonds is 0. The van der Waals surface area contributed by atoms with Gasteiger partial charge in [0.05, 0.1) is 26.4 Å². The zero-order valence-electron chi connectivity index (χ0n) is 47.4. The van der Waals surface area contributed by atoms with Gasteiger partial charge in [0.1, 0.15) is 26.4 Å². The third kappa shape index (κ3) is 2.35. The average Bonchev–Trinajstić information content (AvgIpc) is 1.37. The predicted octanol–water partition coefficient (Wildman–Crippen LogP) is 16.1. The van der Waals surface area contributed by atoms with E-state index in [1.807, 2.05) is 11.1 Å². The highest BCUT2D eigenvalue weighted by Gasteiger charge is 2.85. The van der Waals surface area contributed by atoms with Gasteiger partial charge < -0.3 is 28.4 Å². The summed E-state index contributed by atoms with van der Waals surface area (Å²) in [5, 5.41) is 76.8. The lowest BCUT2D eigenvalue weighted by atomic mass is 9.37. The second-order valence-electron chi connectivity index (χ2n) is 32.5. The van der Waals surface area contributed by atoms with Crippen LogP contribution in [0.3, 0.4) is 0 Å². The lowest BCUT2D eigenvalue weighted by molar-refractivity contribution is 0.0636. The average molecular weight is 1140 g/mol. The quantitative estimate of drug-likeness (QED) is 0.141. The minimum absolute atomic E-state index is 0.185. The van der Waals surface area contributed by atoms with E-state index in [-0.39, 0.29) is 33.5 Å². The summed E-state index contributed by atoms with van der Waals surface area (Å²) in [4.78, 5) is 0. The molecule has 0 N–H and O–H groups in total. The molecule has 1 saturated carbocycles. The van der Waals surface area contributed by atoms with Gasteiger partial charge in [-0.05, 0) is 364 Å². The second-order valence-corrected chi connectivity index (χ2v) is 32.5. The van der Waals surface area contributed by atoms with Crippen molar-refractivity contribution in [3.63, 3.8) is 0 Å². The number of hydrogen-bond acceptors (Lipinski definition) is 6. The molecule has 6 atom stereocenters. The van der Waals surface area contributed by atoms with Crippen LogP contribution in [0.4, 0.5) is 0 Å². The van der Waals surface area contributed by atoms with E-state index >= 15 is 0 Å². The lowest BCUT2D eigenvalue weighted by Crippen LogP contribution is -2.64. The summed E-state index contributed by atoms with van der Waals surface area (Å²) >= 11 is 0. The molecule has 1 aliphatic heterocycles. The van der Waals surface area contributed by atoms with Crippen LogP contribution in [-0.4, -0.2) is 52.9 Å². The van der Waals surface area contributed by atoms with Gasteiger partial charge in [0.2, 0.25) is 0 Å². The Balaban J connectivity index is 0.945. The first-order chi connectivity index (χ1) is 44.8. The van der Waals surface area contributed by atoms with E-state index in [1.165, 1.54) is 22.3 Å². The molecule has 0 amide bonds. The molecule has 1 heterocycles. The molecule has 0 aromatic heterocycles. The molecule has 25 aromatic carbocycles. The first-order valence-corrected chi connectivity index (χ1v) is 34.0. The third-order valence-corrected chi connectivity index (χ3v) is 31.8. The van der Waals surface area contributed by atoms with Gasteiger partial charge in [-0.25, -0.2) is 0 Å². The van der Waals surface area contributed by atoms with Gasteiger partial charge in [-0.1, -0.05) is 0 Å². The summed E-state index contributed by atoms with van der Waals surface area (Å²) in [5.74, 6) is 3.74. The van der Waals surface area contributed by atoms with Crippen molar-refractivity contribution in [1.29, 1.82) is 0 Å². The monoisotopic (exact) mass is 1130 g/mol. The van der Waals surface area contributed by atoms with Crippen LogP contribution < -0.4 is 29.4 Å². The topological polar surface area (TPSA) is 55.4 Å². The summed E-state index contributed by atoms with van der Waals surface area (Å²) < 4.78 is 41.3. The van der Waals surface area contributed by atoms with E-state index in [2.05, 4.69) is 24.3 Å². The third-order valence-electron chi connectivity index (χ3n) is 31.8. The molecule has 4 spiro atoms. The van der Waals surface area contributed by atoms with Gasteiger partial charge in [0.15, 0.2) is 23.0 Å². The fourth-order valence-corrected chi connectivity index (χ4v) is 31.4. The minimum Gasteiger partial charge on any atom is -0.487 e. The molecule has 402 valence electrons. The standard InChI is InChI=1S/C84H30O6/c1-5-87-21-9-17-13-81-74-63-53-43-33-27-25-26-31-37(33)47(53)57-49-39(31)40-32(26)38-34-28(25)30-29(27)35-41-42-36(30)46-44(34)54-48(38)58-50(40)60-59(49)69(67(57)74)78-79-70(60)68(58)75-64(54)66-56(46)52(42)62-61-51(41)55(45(35)43)65(63)76(81)71(61)73-72(62)77(66)82(75)14-18-10-22(88-6-2-85-1)24-12-20(18)16-84(79,82)80(73)83(78,81)15-19(17)11-23(21)89-7-3-86-4-8-90-24/h9-12,76,78H,1-8,13-16H2. The Labute approximate surface area is 499 Å². The van der Waals surface area contributed by atoms with Crippen LogP contribution in [0.15, 0.2) is 24.3 Å². The van der Waals surface area contributed by atoms with Crippen LogP contribution in [-0.2, 0) is 46.0 Å². The highest BCUT2D eigenvalue weighted by atomic mass is 16.6. The van der Waals surface area contributed by atoms with E-state index in [0.717, 1.165) is 48.7 Å². The molecular weight excluding hydrogens is 1100 g/mol. The Morgan fingerprint density at radius 2 is 0.567 bits per heavy atom. The molecular formula is C84H30O6. The van der Waals surface area contributed by atoms with E-state index in [0.29, 0.717) is 52.9 Å². The Kier molecular flexibility index (Phi) is 3.92. The Morgan fingerprint density at radius 3 is 1.04 bits per heavy atom. The first-order valence-electron chi connectivity index (χ1n) is 34.0. The van der Waals surface area contributed by atoms with E-state index in [1.54, 1.807) is 281 Å². The maximum absolute atomic E-state index is 7.10. The SMILES string of the molecule is c1c2c3cc4c1OCCOCCOc1cc5c(cc1OCCOCCO4)CC14c6c7c8c9c%10c%11c%12c%13c%14c%15c%16c%17c(c%18c%19c%17c%17c%15c%15c%20c%14c%14c%12c%10c%10c%12c9c7c7c9c6c(c6c%19c%19c%21c6c9c6c7c%12c7c%10c%14c%20c9c(c%15c%17%19)c%21c6c79)C%181)=C1C(C2)(C=%11C8C14C5)C%16%13C3. The van der Waals surface area contributed by atoms with Crippen molar-refractivity contribution in [2.24, 2.45) is 10.8 Å². The summed E-state index contributed by atoms with van der Waals surface area (Å²) in [6, 6.07) is 10.1. The van der Waals surface area contributed by atoms with Gasteiger partial charge in [0, 0.05) is 33.5 Å². The van der Waals surface area contributed by atoms with Gasteiger partial charge in [-0.15, -0.1) is 0 Å². The smallest absolute Gasteiger partial charge is 0.161 e. The van der Waals surface area contributed by atoms with Crippen LogP contribution >= 0.6 is 0 Å². The summed E-state index contributed by atoms with van der Waals surface area (Å²) in [6.07, 6.45) is 3.85. The summed E-state index contributed by atoms with van der Waals surface area (Å²) in [7, 11) is 0. The number of ether oxygens (including phenoxy) is 6. The molecule has 0 bridgehead atoms. The molecule has 6 heteroatoms. The highest BCUT2D eigenvalue weighted by Crippen LogP contribution is 2.93. The summed E-state index contributed by atoms with van der Waals surface area (Å²) in [5.41, 5.74) is 18.8. The Bertz CT molecular complexity index is 8350. The van der Waals surface area contributed by atoms with E-state index < -0.39 is 0 Å². The molecule has 1 fully saturated rings. The zero-order chi connectivity index (χ0) is 54.5. The number of hydrogen-bond donors (Lipinski definition) is 0. The van der Waals surface area contributed by atoms with Crippen LogP contribution in [0.5, 0.6) is 23.0 Å². The molecule has 11 aliphatic carbocycles. The van der Waals surface area contributed by atoms with Crippen molar-refractivity contribution in [3.8, 4) is 23.0 Å². The second kappa shape index (κ2) is 9.39. The van der Waals surface area contributed by atoms with Gasteiger partial charge in [-0.2, -0.15) is 0 Å². The van der Waals surface area contributed by atoms with Crippen molar-refractivity contribution in [3.05, 3.63) is 90.3 Å². The van der Waals surface area contributed by atoms with Crippen LogP contribution in [0.2, 0.25) is 0 Å². The molecule has 25 aromatic rings. The maximum Gasteiger partial charge on any atom is 0.161 e. The highest BCUT2D eigenvalue weighted by molar-refractivity contribution is 6.78. The van der Waals surface area contributed by atoms with Crippen LogP contribution in [0.25, 0.3) is 248 Å². The lowest BCUT2D eigenvalue weighted by Gasteiger charge is -2.64. The molecule has 37 rings (SSSR count). The van der Waals surface area contributed by atoms with Gasteiger partial charge in [0.25, 0.3) is 0 Å². The van der Waals surface area contributed by atoms with Crippen LogP contribution in [0.1, 0.15) is 67.5 Å². The van der Waals surface area contributed by atoms with Crippen molar-refractivity contribution < 1.29 is 28.4 Å². The first kappa shape index (κ1) is 37.5. The normalized spacial score (nSPS) is 28.5. The maximum atomic E-state index is 7.10. The van der Waals surface area contributed by atoms with Gasteiger partial charge in [-0.3, -0.25) is 0 Å². The Hall–Kier alpha value is -9.46.